The molecule has 0 bridgehead atoms. The van der Waals surface area contributed by atoms with Gasteiger partial charge in [0.25, 0.3) is 0 Å². The molecule has 0 aromatic heterocycles. The minimum Gasteiger partial charge on any atom is -0.301 e. The largest absolute Gasteiger partial charge is 0.500 e. The molecule has 0 aliphatic carbocycles. The van der Waals surface area contributed by atoms with E-state index in [0.29, 0.717) is 0 Å². The molecule has 30 heavy (non-hydrogen) atoms. The van der Waals surface area contributed by atoms with E-state index in [1.807, 2.05) is 6.92 Å². The van der Waals surface area contributed by atoms with Gasteiger partial charge in [0.2, 0.25) is 0 Å². The summed E-state index contributed by atoms with van der Waals surface area (Å²) >= 11 is 0. The number of hydrogen-bond acceptors (Lipinski definition) is 5. The van der Waals surface area contributed by atoms with Crippen molar-refractivity contribution >= 4 is 15.6 Å². The van der Waals surface area contributed by atoms with Crippen LogP contribution in [0.2, 0.25) is 0 Å². The van der Waals surface area contributed by atoms with Crippen molar-refractivity contribution in [2.75, 3.05) is 6.61 Å². The van der Waals surface area contributed by atoms with Gasteiger partial charge in [-0.2, -0.15) is 0 Å². The van der Waals surface area contributed by atoms with Crippen molar-refractivity contribution in [2.45, 2.75) is 73.1 Å². The van der Waals surface area contributed by atoms with E-state index in [-0.39, 0.29) is 6.61 Å². The number of hydrogen-bond donors (Lipinski definition) is 3. The summed E-state index contributed by atoms with van der Waals surface area (Å²) in [5, 5.41) is 0. The molecule has 1 unspecified atom stereocenters. The molecular weight excluding hydrogens is 430 g/mol. The maximum Gasteiger partial charge on any atom is 0.500 e. The van der Waals surface area contributed by atoms with Gasteiger partial charge in [0.05, 0.1) is 6.61 Å². The molecule has 0 rings (SSSR count). The first-order chi connectivity index (χ1) is 13.8. The Morgan fingerprint density at radius 2 is 1.13 bits per heavy atom. The second-order valence-electron chi connectivity index (χ2n) is 7.45. The Morgan fingerprint density at radius 1 is 0.700 bits per heavy atom. The van der Waals surface area contributed by atoms with Gasteiger partial charge in [-0.15, -0.1) is 9.35 Å². The van der Waals surface area contributed by atoms with Crippen LogP contribution in [0.3, 0.4) is 0 Å². The summed E-state index contributed by atoms with van der Waals surface area (Å²) in [5.41, 5.74) is 5.03. The molecule has 0 fully saturated rings. The molecule has 0 saturated heterocycles. The Kier molecular flexibility index (Phi) is 14.6. The van der Waals surface area contributed by atoms with Gasteiger partial charge in [0.15, 0.2) is 0 Å². The van der Waals surface area contributed by atoms with Crippen LogP contribution in [-0.4, -0.2) is 21.3 Å². The number of allylic oxidation sites excluding steroid dienone is 7. The Labute approximate surface area is 180 Å². The Morgan fingerprint density at radius 3 is 1.57 bits per heavy atom. The smallest absolute Gasteiger partial charge is 0.301 e. The fraction of sp³-hybridized carbons (Fsp3) is 0.600. The monoisotopic (exact) mass is 466 g/mol. The first-order valence-electron chi connectivity index (χ1n) is 9.82. The number of phosphoric acid groups is 2. The van der Waals surface area contributed by atoms with E-state index in [1.165, 1.54) is 16.7 Å². The summed E-state index contributed by atoms with van der Waals surface area (Å²) in [6.07, 6.45) is 14.1. The minimum atomic E-state index is -5.02. The Hall–Kier alpha value is -0.820. The summed E-state index contributed by atoms with van der Waals surface area (Å²) in [6.45, 7) is 10.1. The lowest BCUT2D eigenvalue weighted by atomic mass is 10.0. The standard InChI is InChI=1S/C20H36O8P2/c1-17(2)9-6-10-18(3)11-7-12-19(4)13-8-14-20(5)15-16-26-30(24,25)28-27-29(21,22)23/h9,11,13,15H,6-8,10,12,14,16H2,1-5H3,(H,24,25)(H2,21,22,23)/b18-11-,19-13-,20-15+. The highest BCUT2D eigenvalue weighted by Crippen LogP contribution is 2.49. The van der Waals surface area contributed by atoms with Crippen LogP contribution >= 0.6 is 15.6 Å². The summed E-state index contributed by atoms with van der Waals surface area (Å²) in [6, 6.07) is 0. The van der Waals surface area contributed by atoms with Crippen molar-refractivity contribution < 1.29 is 37.7 Å². The van der Waals surface area contributed by atoms with Crippen LogP contribution in [0.25, 0.3) is 0 Å². The zero-order valence-corrected chi connectivity index (χ0v) is 20.3. The lowest BCUT2D eigenvalue weighted by Crippen LogP contribution is -1.96. The average molecular weight is 466 g/mol. The molecule has 0 aromatic carbocycles. The Balaban J connectivity index is 4.18. The summed E-state index contributed by atoms with van der Waals surface area (Å²) in [4.78, 5) is 26.1. The van der Waals surface area contributed by atoms with Crippen LogP contribution in [-0.2, 0) is 23.0 Å². The molecule has 0 aliphatic heterocycles. The third-order valence-electron chi connectivity index (χ3n) is 4.05. The van der Waals surface area contributed by atoms with E-state index in [0.717, 1.165) is 44.1 Å². The predicted molar refractivity (Wildman–Crippen MR) is 118 cm³/mol. The maximum absolute atomic E-state index is 11.4. The van der Waals surface area contributed by atoms with Crippen molar-refractivity contribution in [3.63, 3.8) is 0 Å². The molecule has 10 heteroatoms. The van der Waals surface area contributed by atoms with Crippen LogP contribution < -0.4 is 0 Å². The van der Waals surface area contributed by atoms with E-state index in [9.17, 15) is 14.0 Å². The molecule has 1 atom stereocenters. The van der Waals surface area contributed by atoms with Crippen LogP contribution in [0, 0.1) is 0 Å². The molecule has 174 valence electrons. The lowest BCUT2D eigenvalue weighted by Gasteiger charge is -2.10. The predicted octanol–water partition coefficient (Wildman–Crippen LogP) is 6.29. The SMILES string of the molecule is CC(C)=CCC/C(C)=C\CC/C(C)=C\CC/C(C)=C/COP(=O)(O)OOP(=O)(O)O. The molecule has 0 amide bonds. The zero-order chi connectivity index (χ0) is 23.2. The van der Waals surface area contributed by atoms with Gasteiger partial charge in [-0.1, -0.05) is 46.6 Å². The molecule has 8 nitrogen and oxygen atoms in total. The van der Waals surface area contributed by atoms with E-state index in [2.05, 4.69) is 59.8 Å². The molecular formula is C20H36O8P2. The van der Waals surface area contributed by atoms with E-state index < -0.39 is 15.6 Å². The van der Waals surface area contributed by atoms with Gasteiger partial charge < -0.3 is 14.7 Å². The molecule has 0 saturated carbocycles. The molecule has 0 heterocycles. The third kappa shape index (κ3) is 19.2. The van der Waals surface area contributed by atoms with Crippen LogP contribution in [0.15, 0.2) is 46.6 Å². The number of rotatable bonds is 15. The van der Waals surface area contributed by atoms with Crippen molar-refractivity contribution in [2.24, 2.45) is 0 Å². The quantitative estimate of drug-likeness (QED) is 0.111. The minimum absolute atomic E-state index is 0.246. The molecule has 0 radical (unpaired) electrons. The highest BCUT2D eigenvalue weighted by Gasteiger charge is 2.28. The van der Waals surface area contributed by atoms with Gasteiger partial charge in [0, 0.05) is 0 Å². The van der Waals surface area contributed by atoms with Crippen LogP contribution in [0.4, 0.5) is 0 Å². The van der Waals surface area contributed by atoms with Gasteiger partial charge in [-0.25, -0.2) is 9.13 Å². The second-order valence-corrected chi connectivity index (χ2v) is 9.93. The summed E-state index contributed by atoms with van der Waals surface area (Å²) in [5.74, 6) is 0. The number of phosphoric ester groups is 1. The average Bonchev–Trinajstić information content (AvgIpc) is 2.59. The van der Waals surface area contributed by atoms with Crippen molar-refractivity contribution in [3.05, 3.63) is 46.6 Å². The van der Waals surface area contributed by atoms with Gasteiger partial charge in [-0.3, -0.25) is 4.52 Å². The zero-order valence-electron chi connectivity index (χ0n) is 18.5. The summed E-state index contributed by atoms with van der Waals surface area (Å²) in [7, 11) is -9.72. The third-order valence-corrected chi connectivity index (χ3v) is 5.17. The van der Waals surface area contributed by atoms with E-state index >= 15 is 0 Å². The summed E-state index contributed by atoms with van der Waals surface area (Å²) < 4.78 is 33.6. The Bertz CT molecular complexity index is 727. The first-order valence-corrected chi connectivity index (χ1v) is 12.8. The fourth-order valence-corrected chi connectivity index (χ4v) is 3.36. The molecule has 3 N–H and O–H groups in total. The van der Waals surface area contributed by atoms with E-state index in [1.54, 1.807) is 6.08 Å². The highest BCUT2D eigenvalue weighted by molar-refractivity contribution is 7.49. The molecule has 0 aromatic rings. The van der Waals surface area contributed by atoms with Crippen molar-refractivity contribution in [1.29, 1.82) is 0 Å². The second kappa shape index (κ2) is 15.1. The first kappa shape index (κ1) is 29.2. The highest BCUT2D eigenvalue weighted by atomic mass is 31.2. The van der Waals surface area contributed by atoms with Gasteiger partial charge in [0.1, 0.15) is 0 Å². The van der Waals surface area contributed by atoms with Gasteiger partial charge in [-0.05, 0) is 73.1 Å². The normalized spacial score (nSPS) is 15.8. The van der Waals surface area contributed by atoms with E-state index in [4.69, 9.17) is 9.79 Å². The van der Waals surface area contributed by atoms with Crippen molar-refractivity contribution in [1.82, 2.24) is 0 Å². The lowest BCUT2D eigenvalue weighted by molar-refractivity contribution is -0.146. The van der Waals surface area contributed by atoms with Crippen LogP contribution in [0.1, 0.15) is 73.1 Å². The molecule has 0 spiro atoms. The van der Waals surface area contributed by atoms with Crippen LogP contribution in [0.5, 0.6) is 0 Å². The van der Waals surface area contributed by atoms with Crippen molar-refractivity contribution in [3.8, 4) is 0 Å². The van der Waals surface area contributed by atoms with Gasteiger partial charge >= 0.3 is 15.6 Å². The maximum atomic E-state index is 11.4. The molecule has 0 aliphatic rings. The topological polar surface area (TPSA) is 123 Å². The fourth-order valence-electron chi connectivity index (χ4n) is 2.37.